The summed E-state index contributed by atoms with van der Waals surface area (Å²) in [5.41, 5.74) is 0.134. The Kier molecular flexibility index (Phi) is 2.59. The molecule has 0 amide bonds. The molecule has 0 bridgehead atoms. The Labute approximate surface area is 69.5 Å². The smallest absolute Gasteiger partial charge is 0.262 e. The standard InChI is InChI=1S/C6H6FN2O2S/c7-5-12(10,11)9-6-2-1-3-8-4-6/h1-3,9H,5H2. The Morgan fingerprint density at radius 3 is 2.92 bits per heavy atom. The van der Waals surface area contributed by atoms with Crippen molar-refractivity contribution in [3.05, 3.63) is 24.5 Å². The summed E-state index contributed by atoms with van der Waals surface area (Å²) in [5, 5.41) is 0. The fraction of sp³-hybridized carbons (Fsp3) is 0.167. The van der Waals surface area contributed by atoms with E-state index in [0.29, 0.717) is 0 Å². The lowest BCUT2D eigenvalue weighted by atomic mass is 10.4. The summed E-state index contributed by atoms with van der Waals surface area (Å²) in [6.07, 6.45) is 3.79. The van der Waals surface area contributed by atoms with E-state index >= 15 is 0 Å². The maximum Gasteiger partial charge on any atom is 0.262 e. The van der Waals surface area contributed by atoms with E-state index in [2.05, 4.69) is 11.2 Å². The molecule has 1 rings (SSSR count). The van der Waals surface area contributed by atoms with Crippen molar-refractivity contribution >= 4 is 15.7 Å². The molecule has 0 aliphatic heterocycles. The van der Waals surface area contributed by atoms with Crippen LogP contribution in [0.4, 0.5) is 10.1 Å². The van der Waals surface area contributed by atoms with Gasteiger partial charge in [-0.3, -0.25) is 9.71 Å². The average Bonchev–Trinajstić information content (AvgIpc) is 2.06. The van der Waals surface area contributed by atoms with E-state index in [-0.39, 0.29) is 5.69 Å². The van der Waals surface area contributed by atoms with Gasteiger partial charge in [-0.15, -0.1) is 0 Å². The van der Waals surface area contributed by atoms with Gasteiger partial charge in [0.05, 0.1) is 5.69 Å². The zero-order valence-electron chi connectivity index (χ0n) is 5.99. The van der Waals surface area contributed by atoms with Crippen LogP contribution < -0.4 is 4.72 Å². The maximum absolute atomic E-state index is 11.8. The fourth-order valence-electron chi connectivity index (χ4n) is 0.578. The van der Waals surface area contributed by atoms with E-state index in [1.807, 2.05) is 4.72 Å². The molecule has 1 heterocycles. The minimum atomic E-state index is -3.86. The Morgan fingerprint density at radius 2 is 2.42 bits per heavy atom. The molecule has 0 fully saturated rings. The van der Waals surface area contributed by atoms with Crippen LogP contribution in [0.25, 0.3) is 0 Å². The highest BCUT2D eigenvalue weighted by Gasteiger charge is 2.08. The van der Waals surface area contributed by atoms with Gasteiger partial charge in [0.25, 0.3) is 10.0 Å². The number of aromatic nitrogens is 1. The normalized spacial score (nSPS) is 11.1. The number of hydrogen-bond donors (Lipinski definition) is 1. The van der Waals surface area contributed by atoms with Crippen LogP contribution in [0.3, 0.4) is 0 Å². The zero-order chi connectivity index (χ0) is 9.03. The van der Waals surface area contributed by atoms with Gasteiger partial charge < -0.3 is 0 Å². The number of hydrogen-bond acceptors (Lipinski definition) is 3. The van der Waals surface area contributed by atoms with Crippen molar-refractivity contribution in [3.8, 4) is 0 Å². The van der Waals surface area contributed by atoms with Crippen molar-refractivity contribution in [1.29, 1.82) is 0 Å². The first-order valence-corrected chi connectivity index (χ1v) is 4.68. The first-order chi connectivity index (χ1) is 5.64. The lowest BCUT2D eigenvalue weighted by Gasteiger charge is -2.01. The maximum atomic E-state index is 11.8. The van der Waals surface area contributed by atoms with E-state index < -0.39 is 16.0 Å². The lowest BCUT2D eigenvalue weighted by molar-refractivity contribution is 0.538. The highest BCUT2D eigenvalue weighted by atomic mass is 32.2. The fourth-order valence-corrected chi connectivity index (χ4v) is 1.08. The Bertz CT molecular complexity index is 338. The van der Waals surface area contributed by atoms with Crippen LogP contribution in [0.15, 0.2) is 18.3 Å². The molecule has 0 aliphatic rings. The number of pyridine rings is 1. The second-order valence-corrected chi connectivity index (χ2v) is 3.64. The van der Waals surface area contributed by atoms with Gasteiger partial charge in [-0.1, -0.05) is 0 Å². The van der Waals surface area contributed by atoms with Gasteiger partial charge in [-0.2, -0.15) is 0 Å². The summed E-state index contributed by atoms with van der Waals surface area (Å²) in [7, 11) is -3.86. The molecule has 1 radical (unpaired) electrons. The van der Waals surface area contributed by atoms with Crippen LogP contribution in [-0.2, 0) is 10.0 Å². The first kappa shape index (κ1) is 8.92. The summed E-state index contributed by atoms with van der Waals surface area (Å²) < 4.78 is 35.0. The van der Waals surface area contributed by atoms with Gasteiger partial charge >= 0.3 is 0 Å². The topological polar surface area (TPSA) is 59.1 Å². The number of nitrogens with zero attached hydrogens (tertiary/aromatic N) is 1. The molecule has 1 aromatic heterocycles. The van der Waals surface area contributed by atoms with Crippen molar-refractivity contribution < 1.29 is 12.8 Å². The van der Waals surface area contributed by atoms with E-state index in [9.17, 15) is 12.8 Å². The summed E-state index contributed by atoms with van der Waals surface area (Å²) in [6.45, 7) is 0. The number of sulfonamides is 1. The van der Waals surface area contributed by atoms with Gasteiger partial charge in [0, 0.05) is 6.20 Å². The molecule has 4 nitrogen and oxygen atoms in total. The Balaban J connectivity index is 2.78. The van der Waals surface area contributed by atoms with E-state index in [4.69, 9.17) is 0 Å². The highest BCUT2D eigenvalue weighted by Crippen LogP contribution is 2.04. The summed E-state index contributed by atoms with van der Waals surface area (Å²) in [6, 6.07) is 1.50. The van der Waals surface area contributed by atoms with E-state index in [1.165, 1.54) is 18.3 Å². The minimum absolute atomic E-state index is 0.134. The van der Waals surface area contributed by atoms with Gasteiger partial charge in [-0.25, -0.2) is 12.8 Å². The van der Waals surface area contributed by atoms with Gasteiger partial charge in [0.1, 0.15) is 6.20 Å². The minimum Gasteiger partial charge on any atom is -0.279 e. The zero-order valence-corrected chi connectivity index (χ0v) is 6.81. The molecule has 0 unspecified atom stereocenters. The number of halogens is 1. The van der Waals surface area contributed by atoms with Crippen LogP contribution in [0.1, 0.15) is 0 Å². The van der Waals surface area contributed by atoms with Crippen molar-refractivity contribution in [3.63, 3.8) is 0 Å². The molecule has 65 valence electrons. The van der Waals surface area contributed by atoms with Crippen LogP contribution in [0.2, 0.25) is 0 Å². The molecule has 0 spiro atoms. The highest BCUT2D eigenvalue weighted by molar-refractivity contribution is 7.92. The lowest BCUT2D eigenvalue weighted by Crippen LogP contribution is -2.13. The summed E-state index contributed by atoms with van der Waals surface area (Å²) in [5.74, 6) is 0. The molecule has 0 saturated carbocycles. The molecule has 0 aromatic carbocycles. The number of anilines is 1. The van der Waals surface area contributed by atoms with Crippen LogP contribution in [-0.4, -0.2) is 19.4 Å². The number of rotatable bonds is 3. The number of nitrogens with one attached hydrogen (secondary N) is 1. The molecule has 1 aromatic rings. The molecule has 1 N–H and O–H groups in total. The molecular weight excluding hydrogens is 183 g/mol. The van der Waals surface area contributed by atoms with E-state index in [0.717, 1.165) is 0 Å². The molecule has 0 saturated heterocycles. The first-order valence-electron chi connectivity index (χ1n) is 3.03. The van der Waals surface area contributed by atoms with Crippen LogP contribution >= 0.6 is 0 Å². The van der Waals surface area contributed by atoms with Gasteiger partial charge in [0.2, 0.25) is 6.01 Å². The van der Waals surface area contributed by atoms with E-state index in [1.54, 1.807) is 0 Å². The van der Waals surface area contributed by atoms with Crippen molar-refractivity contribution in [2.75, 3.05) is 10.7 Å². The molecule has 12 heavy (non-hydrogen) atoms. The van der Waals surface area contributed by atoms with Crippen LogP contribution in [0, 0.1) is 6.20 Å². The summed E-state index contributed by atoms with van der Waals surface area (Å²) in [4.78, 5) is 3.53. The van der Waals surface area contributed by atoms with Crippen molar-refractivity contribution in [2.45, 2.75) is 0 Å². The third-order valence-corrected chi connectivity index (χ3v) is 1.84. The molecule has 0 aliphatic carbocycles. The van der Waals surface area contributed by atoms with Crippen LogP contribution in [0.5, 0.6) is 0 Å². The van der Waals surface area contributed by atoms with Gasteiger partial charge in [0.15, 0.2) is 0 Å². The predicted molar refractivity (Wildman–Crippen MR) is 41.6 cm³/mol. The second-order valence-electron chi connectivity index (χ2n) is 1.99. The SMILES string of the molecule is O=S(=O)(CF)Nc1[c]nccc1. The second kappa shape index (κ2) is 3.48. The predicted octanol–water partition coefficient (Wildman–Crippen LogP) is 0.550. The largest absolute Gasteiger partial charge is 0.279 e. The Morgan fingerprint density at radius 1 is 1.67 bits per heavy atom. The molecule has 0 atom stereocenters. The van der Waals surface area contributed by atoms with Crippen molar-refractivity contribution in [2.24, 2.45) is 0 Å². The number of alkyl halides is 1. The van der Waals surface area contributed by atoms with Crippen molar-refractivity contribution in [1.82, 2.24) is 4.98 Å². The van der Waals surface area contributed by atoms with Gasteiger partial charge in [-0.05, 0) is 12.1 Å². The summed E-state index contributed by atoms with van der Waals surface area (Å²) >= 11 is 0. The quantitative estimate of drug-likeness (QED) is 0.755. The third kappa shape index (κ3) is 2.46. The third-order valence-electron chi connectivity index (χ3n) is 1.02. The monoisotopic (exact) mass is 189 g/mol. The average molecular weight is 189 g/mol. The Hall–Kier alpha value is -1.17. The molecule has 6 heteroatoms. The molecular formula is C6H6FN2O2S.